The van der Waals surface area contributed by atoms with Crippen LogP contribution in [0.2, 0.25) is 0 Å². The second-order valence-electron chi connectivity index (χ2n) is 5.10. The first-order valence-electron chi connectivity index (χ1n) is 7.37. The molecule has 2 aromatic rings. The maximum Gasteiger partial charge on any atom is 0.339 e. The third kappa shape index (κ3) is 4.66. The summed E-state index contributed by atoms with van der Waals surface area (Å²) in [5, 5.41) is 5.88. The number of esters is 1. The lowest BCUT2D eigenvalue weighted by atomic mass is 10.1. The largest absolute Gasteiger partial charge is 0.465 e. The summed E-state index contributed by atoms with van der Waals surface area (Å²) in [5.41, 5.74) is 1.88. The summed E-state index contributed by atoms with van der Waals surface area (Å²) in [5.74, 6) is -0.698. The van der Waals surface area contributed by atoms with Gasteiger partial charge in [0.05, 0.1) is 24.9 Å². The first-order chi connectivity index (χ1) is 11.1. The fourth-order valence-electron chi connectivity index (χ4n) is 2.18. The maximum absolute atomic E-state index is 12.1. The van der Waals surface area contributed by atoms with E-state index >= 15 is 0 Å². The smallest absolute Gasteiger partial charge is 0.339 e. The molecule has 0 bridgehead atoms. The van der Waals surface area contributed by atoms with E-state index in [1.807, 2.05) is 37.3 Å². The Morgan fingerprint density at radius 1 is 1.04 bits per heavy atom. The zero-order valence-corrected chi connectivity index (χ0v) is 13.2. The average molecular weight is 312 g/mol. The summed E-state index contributed by atoms with van der Waals surface area (Å²) in [6, 6.07) is 16.7. The van der Waals surface area contributed by atoms with Gasteiger partial charge >= 0.3 is 5.97 Å². The molecule has 0 spiro atoms. The molecule has 0 radical (unpaired) electrons. The van der Waals surface area contributed by atoms with E-state index in [2.05, 4.69) is 10.6 Å². The van der Waals surface area contributed by atoms with Gasteiger partial charge in [-0.1, -0.05) is 42.5 Å². The third-order valence-electron chi connectivity index (χ3n) is 3.47. The van der Waals surface area contributed by atoms with Crippen molar-refractivity contribution in [3.05, 3.63) is 65.7 Å². The summed E-state index contributed by atoms with van der Waals surface area (Å²) in [6.45, 7) is 2.14. The van der Waals surface area contributed by atoms with Crippen molar-refractivity contribution < 1.29 is 14.3 Å². The molecule has 0 aliphatic carbocycles. The SMILES string of the molecule is COC(=O)c1ccccc1NC(=O)CN[C@H](C)c1ccccc1. The molecule has 0 aliphatic heterocycles. The van der Waals surface area contributed by atoms with Crippen LogP contribution in [0.1, 0.15) is 28.9 Å². The van der Waals surface area contributed by atoms with Crippen molar-refractivity contribution in [1.82, 2.24) is 5.32 Å². The zero-order valence-electron chi connectivity index (χ0n) is 13.2. The molecular weight excluding hydrogens is 292 g/mol. The fourth-order valence-corrected chi connectivity index (χ4v) is 2.18. The van der Waals surface area contributed by atoms with E-state index in [0.717, 1.165) is 5.56 Å². The van der Waals surface area contributed by atoms with Gasteiger partial charge in [0.1, 0.15) is 0 Å². The number of ether oxygens (including phenoxy) is 1. The van der Waals surface area contributed by atoms with Gasteiger partial charge in [0.25, 0.3) is 0 Å². The summed E-state index contributed by atoms with van der Waals surface area (Å²) in [7, 11) is 1.31. The predicted molar refractivity (Wildman–Crippen MR) is 89.3 cm³/mol. The second kappa shape index (κ2) is 8.10. The minimum Gasteiger partial charge on any atom is -0.465 e. The Morgan fingerprint density at radius 2 is 1.70 bits per heavy atom. The number of rotatable bonds is 6. The number of hydrogen-bond acceptors (Lipinski definition) is 4. The van der Waals surface area contributed by atoms with E-state index in [1.54, 1.807) is 24.3 Å². The Labute approximate surface area is 135 Å². The lowest BCUT2D eigenvalue weighted by Gasteiger charge is -2.15. The van der Waals surface area contributed by atoms with E-state index in [0.29, 0.717) is 11.3 Å². The van der Waals surface area contributed by atoms with Gasteiger partial charge in [-0.2, -0.15) is 0 Å². The van der Waals surface area contributed by atoms with Gasteiger partial charge < -0.3 is 15.4 Å². The molecule has 0 aromatic heterocycles. The number of hydrogen-bond donors (Lipinski definition) is 2. The normalized spacial score (nSPS) is 11.6. The molecule has 5 heteroatoms. The van der Waals surface area contributed by atoms with E-state index in [1.165, 1.54) is 7.11 Å². The minimum atomic E-state index is -0.480. The number of benzene rings is 2. The molecule has 0 unspecified atom stereocenters. The predicted octanol–water partition coefficient (Wildman–Crippen LogP) is 2.76. The molecule has 2 aromatic carbocycles. The molecule has 120 valence electrons. The summed E-state index contributed by atoms with van der Waals surface area (Å²) in [4.78, 5) is 23.8. The van der Waals surface area contributed by atoms with Crippen molar-refractivity contribution in [2.24, 2.45) is 0 Å². The molecule has 0 heterocycles. The van der Waals surface area contributed by atoms with Crippen LogP contribution in [0.25, 0.3) is 0 Å². The standard InChI is InChI=1S/C18H20N2O3/c1-13(14-8-4-3-5-9-14)19-12-17(21)20-16-11-7-6-10-15(16)18(22)23-2/h3-11,13,19H,12H2,1-2H3,(H,20,21)/t13-/m1/s1. The molecular formula is C18H20N2O3. The van der Waals surface area contributed by atoms with Gasteiger partial charge in [0.15, 0.2) is 0 Å². The monoisotopic (exact) mass is 312 g/mol. The first-order valence-corrected chi connectivity index (χ1v) is 7.37. The quantitative estimate of drug-likeness (QED) is 0.805. The van der Waals surface area contributed by atoms with Crippen LogP contribution in [0.5, 0.6) is 0 Å². The van der Waals surface area contributed by atoms with Gasteiger partial charge in [0, 0.05) is 6.04 Å². The average Bonchev–Trinajstić information content (AvgIpc) is 2.60. The van der Waals surface area contributed by atoms with Gasteiger partial charge in [-0.05, 0) is 24.6 Å². The lowest BCUT2D eigenvalue weighted by molar-refractivity contribution is -0.115. The number of carbonyl (C=O) groups is 2. The van der Waals surface area contributed by atoms with E-state index in [4.69, 9.17) is 4.74 Å². The molecule has 2 rings (SSSR count). The number of carbonyl (C=O) groups excluding carboxylic acids is 2. The molecule has 0 saturated carbocycles. The highest BCUT2D eigenvalue weighted by Gasteiger charge is 2.13. The van der Waals surface area contributed by atoms with Crippen LogP contribution in [0.3, 0.4) is 0 Å². The van der Waals surface area contributed by atoms with Crippen LogP contribution in [-0.2, 0) is 9.53 Å². The second-order valence-corrected chi connectivity index (χ2v) is 5.10. The molecule has 0 saturated heterocycles. The lowest BCUT2D eigenvalue weighted by Crippen LogP contribution is -2.30. The van der Waals surface area contributed by atoms with Crippen LogP contribution < -0.4 is 10.6 Å². The van der Waals surface area contributed by atoms with Gasteiger partial charge in [0.2, 0.25) is 5.91 Å². The Morgan fingerprint density at radius 3 is 2.39 bits per heavy atom. The van der Waals surface area contributed by atoms with Crippen molar-refractivity contribution in [3.8, 4) is 0 Å². The Hall–Kier alpha value is -2.66. The van der Waals surface area contributed by atoms with Crippen LogP contribution in [0.15, 0.2) is 54.6 Å². The first kappa shape index (κ1) is 16.7. The van der Waals surface area contributed by atoms with Crippen molar-refractivity contribution >= 4 is 17.6 Å². The Kier molecular flexibility index (Phi) is 5.88. The summed E-state index contributed by atoms with van der Waals surface area (Å²) in [6.07, 6.45) is 0. The highest BCUT2D eigenvalue weighted by Crippen LogP contribution is 2.16. The van der Waals surface area contributed by atoms with Crippen LogP contribution >= 0.6 is 0 Å². The molecule has 23 heavy (non-hydrogen) atoms. The number of anilines is 1. The van der Waals surface area contributed by atoms with Crippen molar-refractivity contribution in [2.75, 3.05) is 19.0 Å². The molecule has 0 fully saturated rings. The van der Waals surface area contributed by atoms with Gasteiger partial charge in [-0.15, -0.1) is 0 Å². The van der Waals surface area contributed by atoms with E-state index in [-0.39, 0.29) is 18.5 Å². The molecule has 1 amide bonds. The molecule has 2 N–H and O–H groups in total. The summed E-state index contributed by atoms with van der Waals surface area (Å²) >= 11 is 0. The molecule has 1 atom stereocenters. The highest BCUT2D eigenvalue weighted by atomic mass is 16.5. The number of amides is 1. The van der Waals surface area contributed by atoms with Crippen molar-refractivity contribution in [2.45, 2.75) is 13.0 Å². The molecule has 5 nitrogen and oxygen atoms in total. The summed E-state index contributed by atoms with van der Waals surface area (Å²) < 4.78 is 4.71. The Bertz CT molecular complexity index is 671. The fraction of sp³-hybridized carbons (Fsp3) is 0.222. The van der Waals surface area contributed by atoms with Crippen molar-refractivity contribution in [3.63, 3.8) is 0 Å². The van der Waals surface area contributed by atoms with E-state index in [9.17, 15) is 9.59 Å². The number of para-hydroxylation sites is 1. The van der Waals surface area contributed by atoms with Crippen molar-refractivity contribution in [1.29, 1.82) is 0 Å². The van der Waals surface area contributed by atoms with Gasteiger partial charge in [-0.25, -0.2) is 4.79 Å². The van der Waals surface area contributed by atoms with Crippen LogP contribution in [0, 0.1) is 0 Å². The number of nitrogens with one attached hydrogen (secondary N) is 2. The van der Waals surface area contributed by atoms with Crippen LogP contribution in [-0.4, -0.2) is 25.5 Å². The zero-order chi connectivity index (χ0) is 16.7. The van der Waals surface area contributed by atoms with E-state index < -0.39 is 5.97 Å². The third-order valence-corrected chi connectivity index (χ3v) is 3.47. The Balaban J connectivity index is 1.94. The highest BCUT2D eigenvalue weighted by molar-refractivity contribution is 6.01. The maximum atomic E-state index is 12.1. The van der Waals surface area contributed by atoms with Crippen LogP contribution in [0.4, 0.5) is 5.69 Å². The number of methoxy groups -OCH3 is 1. The topological polar surface area (TPSA) is 67.4 Å². The molecule has 0 aliphatic rings. The van der Waals surface area contributed by atoms with Gasteiger partial charge in [-0.3, -0.25) is 4.79 Å². The minimum absolute atomic E-state index is 0.0535.